The van der Waals surface area contributed by atoms with Crippen LogP contribution in [0.5, 0.6) is 0 Å². The first-order valence-corrected chi connectivity index (χ1v) is 8.99. The van der Waals surface area contributed by atoms with Gasteiger partial charge in [0.2, 0.25) is 5.91 Å². The van der Waals surface area contributed by atoms with Crippen LogP contribution in [0.3, 0.4) is 0 Å². The average Bonchev–Trinajstić information content (AvgIpc) is 2.54. The average molecular weight is 327 g/mol. The van der Waals surface area contributed by atoms with E-state index in [0.717, 1.165) is 48.3 Å². The predicted molar refractivity (Wildman–Crippen MR) is 91.8 cm³/mol. The molecule has 0 aromatic heterocycles. The van der Waals surface area contributed by atoms with Gasteiger partial charge in [-0.15, -0.1) is 0 Å². The van der Waals surface area contributed by atoms with Gasteiger partial charge in [-0.2, -0.15) is 0 Å². The molecular weight excluding hydrogens is 302 g/mol. The van der Waals surface area contributed by atoms with E-state index < -0.39 is 0 Å². The molecule has 5 rings (SSSR count). The Morgan fingerprint density at radius 3 is 2.17 bits per heavy atom. The van der Waals surface area contributed by atoms with Crippen molar-refractivity contribution in [3.63, 3.8) is 0 Å². The van der Waals surface area contributed by atoms with E-state index in [4.69, 9.17) is 4.74 Å². The number of carbonyl (C=O) groups excluding carboxylic acids is 2. The second-order valence-corrected chi connectivity index (χ2v) is 8.17. The van der Waals surface area contributed by atoms with Crippen molar-refractivity contribution >= 4 is 17.6 Å². The van der Waals surface area contributed by atoms with Gasteiger partial charge in [0, 0.05) is 5.69 Å². The lowest BCUT2D eigenvalue weighted by atomic mass is 9.49. The van der Waals surface area contributed by atoms with Gasteiger partial charge in [-0.3, -0.25) is 4.79 Å². The van der Waals surface area contributed by atoms with Crippen LogP contribution >= 0.6 is 0 Å². The van der Waals surface area contributed by atoms with Crippen LogP contribution < -0.4 is 5.32 Å². The molecule has 4 saturated carbocycles. The Morgan fingerprint density at radius 2 is 1.67 bits per heavy atom. The molecule has 4 bridgehead atoms. The fourth-order valence-electron chi connectivity index (χ4n) is 5.69. The molecule has 0 atom stereocenters. The van der Waals surface area contributed by atoms with E-state index in [9.17, 15) is 9.59 Å². The molecule has 1 aromatic carbocycles. The third-order valence-corrected chi connectivity index (χ3v) is 6.42. The van der Waals surface area contributed by atoms with Crippen molar-refractivity contribution in [1.82, 2.24) is 0 Å². The minimum absolute atomic E-state index is 0.151. The molecule has 1 aromatic rings. The highest BCUT2D eigenvalue weighted by Gasteiger charge is 2.54. The Kier molecular flexibility index (Phi) is 3.66. The third kappa shape index (κ3) is 2.52. The zero-order valence-corrected chi connectivity index (χ0v) is 14.4. The number of aryl methyl sites for hydroxylation is 1. The molecule has 1 N–H and O–H groups in total. The van der Waals surface area contributed by atoms with Crippen molar-refractivity contribution in [1.29, 1.82) is 0 Å². The van der Waals surface area contributed by atoms with Crippen LogP contribution in [0.15, 0.2) is 18.2 Å². The number of ether oxygens (including phenoxy) is 1. The van der Waals surface area contributed by atoms with Crippen LogP contribution in [0.1, 0.15) is 54.4 Å². The second-order valence-electron chi connectivity index (χ2n) is 8.17. The van der Waals surface area contributed by atoms with Crippen molar-refractivity contribution < 1.29 is 14.3 Å². The molecule has 1 amide bonds. The van der Waals surface area contributed by atoms with Crippen molar-refractivity contribution in [2.24, 2.45) is 23.2 Å². The molecule has 0 unspecified atom stereocenters. The van der Waals surface area contributed by atoms with Gasteiger partial charge in [-0.25, -0.2) is 4.79 Å². The molecule has 4 fully saturated rings. The van der Waals surface area contributed by atoms with Crippen molar-refractivity contribution in [3.05, 3.63) is 29.3 Å². The Labute approximate surface area is 143 Å². The van der Waals surface area contributed by atoms with E-state index in [1.165, 1.54) is 26.4 Å². The summed E-state index contributed by atoms with van der Waals surface area (Å²) in [6.07, 6.45) is 7.18. The minimum atomic E-state index is -0.350. The Hall–Kier alpha value is -1.84. The number of carbonyl (C=O) groups is 2. The van der Waals surface area contributed by atoms with Gasteiger partial charge in [0.05, 0.1) is 18.1 Å². The number of hydrogen-bond donors (Lipinski definition) is 1. The van der Waals surface area contributed by atoms with E-state index in [1.54, 1.807) is 12.1 Å². The summed E-state index contributed by atoms with van der Waals surface area (Å²) in [5.74, 6) is 2.10. The van der Waals surface area contributed by atoms with Gasteiger partial charge in [0.15, 0.2) is 0 Å². The summed E-state index contributed by atoms with van der Waals surface area (Å²) >= 11 is 0. The summed E-state index contributed by atoms with van der Waals surface area (Å²) in [4.78, 5) is 24.7. The molecular formula is C20H25NO3. The molecule has 4 aliphatic rings. The molecule has 0 saturated heterocycles. The Morgan fingerprint density at radius 1 is 1.08 bits per heavy atom. The lowest BCUT2D eigenvalue weighted by molar-refractivity contribution is -0.140. The van der Waals surface area contributed by atoms with Crippen LogP contribution in [0, 0.1) is 30.1 Å². The van der Waals surface area contributed by atoms with E-state index in [2.05, 4.69) is 5.32 Å². The zero-order chi connectivity index (χ0) is 16.9. The van der Waals surface area contributed by atoms with Gasteiger partial charge < -0.3 is 10.1 Å². The first kappa shape index (κ1) is 15.7. The minimum Gasteiger partial charge on any atom is -0.465 e. The topological polar surface area (TPSA) is 55.4 Å². The standard InChI is InChI=1S/C20H25NO3/c1-12-5-16(18(22)24-2)3-4-17(12)21-19(23)20-9-13-6-14(10-20)8-15(7-13)11-20/h3-5,13-15H,6-11H2,1-2H3,(H,21,23). The summed E-state index contributed by atoms with van der Waals surface area (Å²) in [5.41, 5.74) is 2.07. The summed E-state index contributed by atoms with van der Waals surface area (Å²) in [6, 6.07) is 5.31. The highest BCUT2D eigenvalue weighted by atomic mass is 16.5. The number of benzene rings is 1. The maximum atomic E-state index is 13.1. The van der Waals surface area contributed by atoms with Gasteiger partial charge in [-0.1, -0.05) is 0 Å². The summed E-state index contributed by atoms with van der Waals surface area (Å²) in [7, 11) is 1.38. The maximum absolute atomic E-state index is 13.1. The van der Waals surface area contributed by atoms with Gasteiger partial charge in [0.1, 0.15) is 0 Å². The first-order chi connectivity index (χ1) is 11.5. The zero-order valence-electron chi connectivity index (χ0n) is 14.4. The number of hydrogen-bond acceptors (Lipinski definition) is 3. The number of anilines is 1. The van der Waals surface area contributed by atoms with Crippen molar-refractivity contribution in [2.45, 2.75) is 45.4 Å². The predicted octanol–water partition coefficient (Wildman–Crippen LogP) is 3.94. The van der Waals surface area contributed by atoms with Crippen LogP contribution in [-0.2, 0) is 9.53 Å². The molecule has 128 valence electrons. The van der Waals surface area contributed by atoms with E-state index >= 15 is 0 Å². The van der Waals surface area contributed by atoms with Crippen LogP contribution in [-0.4, -0.2) is 19.0 Å². The Balaban J connectivity index is 1.53. The molecule has 24 heavy (non-hydrogen) atoms. The molecule has 4 heteroatoms. The van der Waals surface area contributed by atoms with E-state index in [0.29, 0.717) is 5.56 Å². The molecule has 4 aliphatic carbocycles. The Bertz CT molecular complexity index is 659. The fraction of sp³-hybridized carbons (Fsp3) is 0.600. The summed E-state index contributed by atoms with van der Waals surface area (Å²) in [6.45, 7) is 1.92. The fourth-order valence-corrected chi connectivity index (χ4v) is 5.69. The highest BCUT2D eigenvalue weighted by molar-refractivity contribution is 5.97. The number of rotatable bonds is 3. The number of amides is 1. The van der Waals surface area contributed by atoms with Crippen molar-refractivity contribution in [2.75, 3.05) is 12.4 Å². The molecule has 4 nitrogen and oxygen atoms in total. The first-order valence-electron chi connectivity index (χ1n) is 8.99. The quantitative estimate of drug-likeness (QED) is 0.856. The van der Waals surface area contributed by atoms with Gasteiger partial charge >= 0.3 is 5.97 Å². The SMILES string of the molecule is COC(=O)c1ccc(NC(=O)C23CC4CC(CC(C4)C2)C3)c(C)c1. The normalized spacial score (nSPS) is 33.3. The van der Waals surface area contributed by atoms with Gasteiger partial charge in [-0.05, 0) is 87.0 Å². The largest absolute Gasteiger partial charge is 0.465 e. The number of nitrogens with one attached hydrogen (secondary N) is 1. The summed E-state index contributed by atoms with van der Waals surface area (Å²) in [5, 5.41) is 3.16. The number of esters is 1. The van der Waals surface area contributed by atoms with Crippen LogP contribution in [0.4, 0.5) is 5.69 Å². The second kappa shape index (κ2) is 5.61. The number of methoxy groups -OCH3 is 1. The van der Waals surface area contributed by atoms with E-state index in [-0.39, 0.29) is 17.3 Å². The van der Waals surface area contributed by atoms with E-state index in [1.807, 2.05) is 13.0 Å². The monoisotopic (exact) mass is 327 g/mol. The molecule has 0 radical (unpaired) electrons. The van der Waals surface area contributed by atoms with Crippen LogP contribution in [0.25, 0.3) is 0 Å². The highest BCUT2D eigenvalue weighted by Crippen LogP contribution is 2.60. The maximum Gasteiger partial charge on any atom is 0.337 e. The van der Waals surface area contributed by atoms with Gasteiger partial charge in [0.25, 0.3) is 0 Å². The van der Waals surface area contributed by atoms with Crippen molar-refractivity contribution in [3.8, 4) is 0 Å². The molecule has 0 heterocycles. The summed E-state index contributed by atoms with van der Waals surface area (Å²) < 4.78 is 4.75. The lowest BCUT2D eigenvalue weighted by Gasteiger charge is -2.55. The third-order valence-electron chi connectivity index (χ3n) is 6.42. The lowest BCUT2D eigenvalue weighted by Crippen LogP contribution is -2.51. The molecule has 0 aliphatic heterocycles. The molecule has 0 spiro atoms. The van der Waals surface area contributed by atoms with Crippen LogP contribution in [0.2, 0.25) is 0 Å². The smallest absolute Gasteiger partial charge is 0.337 e.